The van der Waals surface area contributed by atoms with E-state index in [0.29, 0.717) is 12.3 Å². The lowest BCUT2D eigenvalue weighted by atomic mass is 10.0. The molecule has 0 amide bonds. The van der Waals surface area contributed by atoms with Crippen molar-refractivity contribution in [3.63, 3.8) is 0 Å². The van der Waals surface area contributed by atoms with Gasteiger partial charge >= 0.3 is 7.94 Å². The van der Waals surface area contributed by atoms with E-state index in [2.05, 4.69) is 6.92 Å². The van der Waals surface area contributed by atoms with E-state index in [-0.39, 0.29) is 5.66 Å². The van der Waals surface area contributed by atoms with Crippen LogP contribution in [0.15, 0.2) is 0 Å². The summed E-state index contributed by atoms with van der Waals surface area (Å²) in [5, 5.41) is 0. The first kappa shape index (κ1) is 18.3. The highest BCUT2D eigenvalue weighted by atomic mass is 31.2. The zero-order valence-corrected chi connectivity index (χ0v) is 13.2. The minimum absolute atomic E-state index is 0.312. The molecule has 0 fully saturated rings. The molecular formula is C14H32O3P+. The van der Waals surface area contributed by atoms with E-state index in [1.807, 2.05) is 13.8 Å². The Morgan fingerprint density at radius 3 is 1.78 bits per heavy atom. The standard InChI is InChI=1S/C14H32O3P/c1-4-5-6-7-8-9-10-11-14(12-13(2)3)18(15,16)17/h13-17H,4-12H2,1-3H3/q+1. The highest BCUT2D eigenvalue weighted by Crippen LogP contribution is 2.54. The lowest BCUT2D eigenvalue weighted by Crippen LogP contribution is -2.15. The number of unbranched alkanes of at least 4 members (excludes halogenated alkanes) is 6. The van der Waals surface area contributed by atoms with Gasteiger partial charge in [-0.1, -0.05) is 59.3 Å². The van der Waals surface area contributed by atoms with Crippen LogP contribution in [0, 0.1) is 5.92 Å². The molecule has 0 aliphatic heterocycles. The van der Waals surface area contributed by atoms with Crippen molar-refractivity contribution in [3.05, 3.63) is 0 Å². The number of rotatable bonds is 11. The first-order valence-corrected chi connectivity index (χ1v) is 9.16. The first-order valence-electron chi connectivity index (χ1n) is 7.44. The summed E-state index contributed by atoms with van der Waals surface area (Å²) in [6.45, 7) is 6.31. The van der Waals surface area contributed by atoms with Crippen LogP contribution in [0.1, 0.15) is 78.6 Å². The highest BCUT2D eigenvalue weighted by Gasteiger charge is 2.41. The summed E-state index contributed by atoms with van der Waals surface area (Å²) < 4.78 is 0. The van der Waals surface area contributed by atoms with E-state index >= 15 is 0 Å². The molecule has 0 saturated carbocycles. The average molecular weight is 279 g/mol. The van der Waals surface area contributed by atoms with Gasteiger partial charge < -0.3 is 0 Å². The Balaban J connectivity index is 3.71. The highest BCUT2D eigenvalue weighted by molar-refractivity contribution is 7.59. The second kappa shape index (κ2) is 10.1. The second-order valence-electron chi connectivity index (χ2n) is 5.81. The van der Waals surface area contributed by atoms with Gasteiger partial charge in [0.15, 0.2) is 5.66 Å². The summed E-state index contributed by atoms with van der Waals surface area (Å²) in [5.74, 6) is 0.394. The Kier molecular flexibility index (Phi) is 10.3. The molecule has 0 bridgehead atoms. The summed E-state index contributed by atoms with van der Waals surface area (Å²) in [7, 11) is -3.65. The van der Waals surface area contributed by atoms with E-state index < -0.39 is 7.94 Å². The van der Waals surface area contributed by atoms with Crippen molar-refractivity contribution in [1.29, 1.82) is 0 Å². The Hall–Kier alpha value is 0.310. The SMILES string of the molecule is CCCCCCCCCC(CC(C)C)[P+](O)(O)O. The monoisotopic (exact) mass is 279 g/mol. The maximum Gasteiger partial charge on any atom is 0.406 e. The molecular weight excluding hydrogens is 247 g/mol. The lowest BCUT2D eigenvalue weighted by molar-refractivity contribution is 0.299. The maximum absolute atomic E-state index is 9.42. The fourth-order valence-electron chi connectivity index (χ4n) is 2.31. The molecule has 3 N–H and O–H groups in total. The maximum atomic E-state index is 9.42. The topological polar surface area (TPSA) is 60.7 Å². The van der Waals surface area contributed by atoms with Gasteiger partial charge in [-0.15, -0.1) is 0 Å². The van der Waals surface area contributed by atoms with Crippen molar-refractivity contribution >= 4 is 7.94 Å². The minimum atomic E-state index is -3.65. The molecule has 1 unspecified atom stereocenters. The molecule has 1 atom stereocenters. The van der Waals surface area contributed by atoms with E-state index in [9.17, 15) is 14.7 Å². The molecule has 0 rings (SSSR count). The molecule has 0 aromatic carbocycles. The lowest BCUT2D eigenvalue weighted by Gasteiger charge is -2.18. The normalized spacial score (nSPS) is 14.2. The fraction of sp³-hybridized carbons (Fsp3) is 1.00. The molecule has 0 aromatic rings. The predicted molar refractivity (Wildman–Crippen MR) is 79.4 cm³/mol. The van der Waals surface area contributed by atoms with Gasteiger partial charge in [-0.25, -0.2) is 0 Å². The van der Waals surface area contributed by atoms with Crippen molar-refractivity contribution in [3.8, 4) is 0 Å². The molecule has 0 spiro atoms. The molecule has 110 valence electrons. The van der Waals surface area contributed by atoms with E-state index in [4.69, 9.17) is 0 Å². The first-order chi connectivity index (χ1) is 8.38. The van der Waals surface area contributed by atoms with E-state index in [0.717, 1.165) is 19.3 Å². The van der Waals surface area contributed by atoms with Gasteiger partial charge in [0.25, 0.3) is 0 Å². The Morgan fingerprint density at radius 2 is 1.33 bits per heavy atom. The summed E-state index contributed by atoms with van der Waals surface area (Å²) in [6, 6.07) is 0. The van der Waals surface area contributed by atoms with Crippen LogP contribution in [-0.2, 0) is 0 Å². The van der Waals surface area contributed by atoms with Crippen molar-refractivity contribution < 1.29 is 14.7 Å². The van der Waals surface area contributed by atoms with Gasteiger partial charge in [0, 0.05) is 0 Å². The molecule has 0 heterocycles. The summed E-state index contributed by atoms with van der Waals surface area (Å²) >= 11 is 0. The molecule has 3 nitrogen and oxygen atoms in total. The minimum Gasteiger partial charge on any atom is -0.193 e. The smallest absolute Gasteiger partial charge is 0.193 e. The molecule has 0 aromatic heterocycles. The van der Waals surface area contributed by atoms with Crippen molar-refractivity contribution in [1.82, 2.24) is 0 Å². The number of hydrogen-bond acceptors (Lipinski definition) is 3. The van der Waals surface area contributed by atoms with Gasteiger partial charge in [-0.05, 0) is 25.2 Å². The Morgan fingerprint density at radius 1 is 0.833 bits per heavy atom. The third-order valence-corrected chi connectivity index (χ3v) is 4.82. The fourth-order valence-corrected chi connectivity index (χ4v) is 3.55. The van der Waals surface area contributed by atoms with Crippen molar-refractivity contribution in [2.75, 3.05) is 0 Å². The Bertz CT molecular complexity index is 190. The van der Waals surface area contributed by atoms with Crippen LogP contribution in [0.25, 0.3) is 0 Å². The molecule has 0 radical (unpaired) electrons. The van der Waals surface area contributed by atoms with E-state index in [1.54, 1.807) is 0 Å². The van der Waals surface area contributed by atoms with E-state index in [1.165, 1.54) is 32.1 Å². The quantitative estimate of drug-likeness (QED) is 0.391. The number of hydrogen-bond donors (Lipinski definition) is 3. The second-order valence-corrected chi connectivity index (χ2v) is 7.77. The van der Waals surface area contributed by atoms with Gasteiger partial charge in [0.2, 0.25) is 0 Å². The molecule has 0 aliphatic carbocycles. The summed E-state index contributed by atoms with van der Waals surface area (Å²) in [5.41, 5.74) is -0.312. The van der Waals surface area contributed by atoms with Gasteiger partial charge in [-0.3, -0.25) is 0 Å². The third kappa shape index (κ3) is 10.3. The van der Waals surface area contributed by atoms with Gasteiger partial charge in [-0.2, -0.15) is 14.7 Å². The van der Waals surface area contributed by atoms with Crippen LogP contribution < -0.4 is 0 Å². The zero-order valence-electron chi connectivity index (χ0n) is 12.3. The van der Waals surface area contributed by atoms with Crippen LogP contribution in [0.3, 0.4) is 0 Å². The Labute approximate surface area is 113 Å². The van der Waals surface area contributed by atoms with Crippen molar-refractivity contribution in [2.45, 2.75) is 84.2 Å². The van der Waals surface area contributed by atoms with Gasteiger partial charge in [0.05, 0.1) is 0 Å². The molecule has 4 heteroatoms. The van der Waals surface area contributed by atoms with Crippen LogP contribution in [0.2, 0.25) is 0 Å². The van der Waals surface area contributed by atoms with Crippen LogP contribution in [0.4, 0.5) is 0 Å². The van der Waals surface area contributed by atoms with Crippen LogP contribution in [-0.4, -0.2) is 20.3 Å². The molecule has 0 aliphatic rings. The largest absolute Gasteiger partial charge is 0.406 e. The summed E-state index contributed by atoms with van der Waals surface area (Å²) in [4.78, 5) is 28.3. The summed E-state index contributed by atoms with van der Waals surface area (Å²) in [6.07, 6.45) is 9.96. The predicted octanol–water partition coefficient (Wildman–Crippen LogP) is 4.28. The zero-order chi connectivity index (χ0) is 14.0. The van der Waals surface area contributed by atoms with Crippen LogP contribution >= 0.6 is 7.94 Å². The third-order valence-electron chi connectivity index (χ3n) is 3.37. The van der Waals surface area contributed by atoms with Crippen molar-refractivity contribution in [2.24, 2.45) is 5.92 Å². The van der Waals surface area contributed by atoms with Gasteiger partial charge in [0.1, 0.15) is 0 Å². The molecule has 0 saturated heterocycles. The average Bonchev–Trinajstić information content (AvgIpc) is 2.24. The van der Waals surface area contributed by atoms with Crippen LogP contribution in [0.5, 0.6) is 0 Å². The molecule has 18 heavy (non-hydrogen) atoms.